The van der Waals surface area contributed by atoms with Crippen molar-refractivity contribution in [3.63, 3.8) is 0 Å². The summed E-state index contributed by atoms with van der Waals surface area (Å²) in [6.07, 6.45) is -0.544. The Hall–Kier alpha value is -2.08. The fourth-order valence-electron chi connectivity index (χ4n) is 1.06. The molecule has 0 aliphatic carbocycles. The Bertz CT molecular complexity index is 401. The van der Waals surface area contributed by atoms with Gasteiger partial charge in [0, 0.05) is 11.4 Å². The summed E-state index contributed by atoms with van der Waals surface area (Å²) in [6.45, 7) is 1.60. The van der Waals surface area contributed by atoms with Crippen LogP contribution in [0.1, 0.15) is 6.92 Å². The van der Waals surface area contributed by atoms with Gasteiger partial charge in [0.1, 0.15) is 0 Å². The highest BCUT2D eigenvalue weighted by Gasteiger charge is 2.07. The largest absolute Gasteiger partial charge is 0.453 e. The molecule has 1 unspecified atom stereocenters. The van der Waals surface area contributed by atoms with Gasteiger partial charge in [-0.1, -0.05) is 0 Å². The van der Waals surface area contributed by atoms with Gasteiger partial charge < -0.3 is 15.8 Å². The lowest BCUT2D eigenvalue weighted by molar-refractivity contribution is -0.117. The van der Waals surface area contributed by atoms with Gasteiger partial charge in [-0.25, -0.2) is 4.79 Å². The zero-order valence-corrected chi connectivity index (χ0v) is 9.69. The van der Waals surface area contributed by atoms with E-state index in [0.717, 1.165) is 0 Å². The number of nitrogens with one attached hydrogen (secondary N) is 2. The number of benzene rings is 1. The molecule has 4 N–H and O–H groups in total. The van der Waals surface area contributed by atoms with Gasteiger partial charge in [-0.3, -0.25) is 10.1 Å². The molecule has 0 radical (unpaired) electrons. The van der Waals surface area contributed by atoms with Gasteiger partial charge in [0.2, 0.25) is 5.91 Å². The third kappa shape index (κ3) is 4.12. The van der Waals surface area contributed by atoms with Crippen molar-refractivity contribution in [1.29, 1.82) is 0 Å². The van der Waals surface area contributed by atoms with Crippen LogP contribution >= 0.6 is 0 Å². The number of methoxy groups -OCH3 is 1. The predicted molar refractivity (Wildman–Crippen MR) is 64.7 cm³/mol. The van der Waals surface area contributed by atoms with Crippen molar-refractivity contribution in [3.05, 3.63) is 24.3 Å². The van der Waals surface area contributed by atoms with E-state index < -0.39 is 12.1 Å². The smallest absolute Gasteiger partial charge is 0.411 e. The Morgan fingerprint density at radius 1 is 1.18 bits per heavy atom. The topological polar surface area (TPSA) is 93.5 Å². The number of anilines is 2. The molecule has 17 heavy (non-hydrogen) atoms. The highest BCUT2D eigenvalue weighted by Crippen LogP contribution is 2.13. The highest BCUT2D eigenvalue weighted by molar-refractivity contribution is 5.94. The standard InChI is InChI=1S/C11H15N3O3/c1-7(12)10(15)13-8-3-5-9(6-4-8)14-11(16)17-2/h3-7H,12H2,1-2H3,(H,13,15)(H,14,16). The summed E-state index contributed by atoms with van der Waals surface area (Å²) in [7, 11) is 1.28. The summed E-state index contributed by atoms with van der Waals surface area (Å²) in [5, 5.41) is 5.12. The Morgan fingerprint density at radius 2 is 1.65 bits per heavy atom. The maximum absolute atomic E-state index is 11.3. The Labute approximate surface area is 99.1 Å². The third-order valence-electron chi connectivity index (χ3n) is 2.00. The molecule has 1 atom stereocenters. The van der Waals surface area contributed by atoms with Crippen LogP contribution in [-0.4, -0.2) is 25.2 Å². The first-order valence-electron chi connectivity index (χ1n) is 5.04. The molecular weight excluding hydrogens is 222 g/mol. The van der Waals surface area contributed by atoms with Crippen LogP contribution in [0.2, 0.25) is 0 Å². The molecule has 0 aromatic heterocycles. The second-order valence-electron chi connectivity index (χ2n) is 3.47. The molecule has 6 nitrogen and oxygen atoms in total. The van der Waals surface area contributed by atoms with Crippen molar-refractivity contribution in [2.45, 2.75) is 13.0 Å². The van der Waals surface area contributed by atoms with Crippen molar-refractivity contribution >= 4 is 23.4 Å². The first-order chi connectivity index (χ1) is 8.02. The molecule has 6 heteroatoms. The summed E-state index contributed by atoms with van der Waals surface area (Å²) in [5.41, 5.74) is 6.60. The van der Waals surface area contributed by atoms with Crippen LogP contribution in [0, 0.1) is 0 Å². The minimum atomic E-state index is -0.567. The normalized spacial score (nSPS) is 11.5. The van der Waals surface area contributed by atoms with Gasteiger partial charge in [0.15, 0.2) is 0 Å². The van der Waals surface area contributed by atoms with E-state index in [1.165, 1.54) is 7.11 Å². The molecule has 1 aromatic rings. The highest BCUT2D eigenvalue weighted by atomic mass is 16.5. The zero-order valence-electron chi connectivity index (χ0n) is 9.69. The fourth-order valence-corrected chi connectivity index (χ4v) is 1.06. The van der Waals surface area contributed by atoms with Crippen molar-refractivity contribution in [2.24, 2.45) is 5.73 Å². The minimum Gasteiger partial charge on any atom is -0.453 e. The molecule has 0 aliphatic rings. The summed E-state index contributed by atoms with van der Waals surface area (Å²) >= 11 is 0. The molecule has 1 rings (SSSR count). The lowest BCUT2D eigenvalue weighted by atomic mass is 10.2. The first kappa shape index (κ1) is 13.0. The van der Waals surface area contributed by atoms with E-state index in [-0.39, 0.29) is 5.91 Å². The van der Waals surface area contributed by atoms with E-state index >= 15 is 0 Å². The lowest BCUT2D eigenvalue weighted by Gasteiger charge is -2.08. The fraction of sp³-hybridized carbons (Fsp3) is 0.273. The SMILES string of the molecule is COC(=O)Nc1ccc(NC(=O)C(C)N)cc1. The van der Waals surface area contributed by atoms with Crippen molar-refractivity contribution in [3.8, 4) is 0 Å². The van der Waals surface area contributed by atoms with E-state index in [2.05, 4.69) is 15.4 Å². The van der Waals surface area contributed by atoms with Gasteiger partial charge in [0.05, 0.1) is 13.2 Å². The number of hydrogen-bond acceptors (Lipinski definition) is 4. The van der Waals surface area contributed by atoms with Crippen LogP contribution in [0.3, 0.4) is 0 Å². The van der Waals surface area contributed by atoms with Crippen LogP contribution in [0.15, 0.2) is 24.3 Å². The van der Waals surface area contributed by atoms with Crippen molar-refractivity contribution in [2.75, 3.05) is 17.7 Å². The molecular formula is C11H15N3O3. The summed E-state index contributed by atoms with van der Waals surface area (Å²) in [6, 6.07) is 6.04. The van der Waals surface area contributed by atoms with Crippen LogP contribution in [0.5, 0.6) is 0 Å². The lowest BCUT2D eigenvalue weighted by Crippen LogP contribution is -2.32. The number of ether oxygens (including phenoxy) is 1. The first-order valence-corrected chi connectivity index (χ1v) is 5.04. The summed E-state index contributed by atoms with van der Waals surface area (Å²) in [4.78, 5) is 22.2. The van der Waals surface area contributed by atoms with Gasteiger partial charge in [-0.15, -0.1) is 0 Å². The predicted octanol–water partition coefficient (Wildman–Crippen LogP) is 1.15. The van der Waals surface area contributed by atoms with Crippen molar-refractivity contribution < 1.29 is 14.3 Å². The minimum absolute atomic E-state index is 0.265. The van der Waals surface area contributed by atoms with Crippen LogP contribution in [0.25, 0.3) is 0 Å². The van der Waals surface area contributed by atoms with E-state index in [1.807, 2.05) is 0 Å². The molecule has 0 fully saturated rings. The molecule has 1 aromatic carbocycles. The Kier molecular flexibility index (Phi) is 4.47. The van der Waals surface area contributed by atoms with E-state index in [9.17, 15) is 9.59 Å². The monoisotopic (exact) mass is 237 g/mol. The van der Waals surface area contributed by atoms with Gasteiger partial charge in [-0.05, 0) is 31.2 Å². The van der Waals surface area contributed by atoms with E-state index in [4.69, 9.17) is 5.73 Å². The number of amides is 2. The summed E-state index contributed by atoms with van der Waals surface area (Å²) in [5.74, 6) is -0.265. The molecule has 0 saturated carbocycles. The molecule has 0 bridgehead atoms. The molecule has 0 saturated heterocycles. The molecule has 0 aliphatic heterocycles. The molecule has 0 heterocycles. The number of rotatable bonds is 3. The summed E-state index contributed by atoms with van der Waals surface area (Å²) < 4.78 is 4.44. The zero-order chi connectivity index (χ0) is 12.8. The maximum atomic E-state index is 11.3. The van der Waals surface area contributed by atoms with Gasteiger partial charge >= 0.3 is 6.09 Å². The number of hydrogen-bond donors (Lipinski definition) is 3. The number of carbonyl (C=O) groups is 2. The van der Waals surface area contributed by atoms with Crippen LogP contribution in [0.4, 0.5) is 16.2 Å². The molecule has 0 spiro atoms. The van der Waals surface area contributed by atoms with Crippen molar-refractivity contribution in [1.82, 2.24) is 0 Å². The third-order valence-corrected chi connectivity index (χ3v) is 2.00. The molecule has 92 valence electrons. The van der Waals surface area contributed by atoms with Gasteiger partial charge in [0.25, 0.3) is 0 Å². The average molecular weight is 237 g/mol. The van der Waals surface area contributed by atoms with Crippen LogP contribution in [-0.2, 0) is 9.53 Å². The number of nitrogens with two attached hydrogens (primary N) is 1. The number of carbonyl (C=O) groups excluding carboxylic acids is 2. The Morgan fingerprint density at radius 3 is 2.06 bits per heavy atom. The van der Waals surface area contributed by atoms with E-state index in [1.54, 1.807) is 31.2 Å². The Balaban J connectivity index is 2.62. The molecule has 2 amide bonds. The van der Waals surface area contributed by atoms with Crippen LogP contribution < -0.4 is 16.4 Å². The second-order valence-corrected chi connectivity index (χ2v) is 3.47. The average Bonchev–Trinajstić information content (AvgIpc) is 2.31. The van der Waals surface area contributed by atoms with Gasteiger partial charge in [-0.2, -0.15) is 0 Å². The second kappa shape index (κ2) is 5.86. The van der Waals surface area contributed by atoms with E-state index in [0.29, 0.717) is 11.4 Å². The maximum Gasteiger partial charge on any atom is 0.411 e. The quantitative estimate of drug-likeness (QED) is 0.735.